The molecule has 80 valence electrons. The van der Waals surface area contributed by atoms with Gasteiger partial charge in [-0.1, -0.05) is 0 Å². The maximum absolute atomic E-state index is 11.1. The third-order valence-electron chi connectivity index (χ3n) is 1.59. The van der Waals surface area contributed by atoms with E-state index in [1.54, 1.807) is 23.4 Å². The van der Waals surface area contributed by atoms with Crippen molar-refractivity contribution in [3.05, 3.63) is 23.9 Å². The highest BCUT2D eigenvalue weighted by atomic mass is 16.5. The highest BCUT2D eigenvalue weighted by Gasteiger charge is 2.04. The molecule has 1 aromatic rings. The van der Waals surface area contributed by atoms with Gasteiger partial charge in [0.1, 0.15) is 0 Å². The molecule has 0 aliphatic carbocycles. The number of ether oxygens (including phenoxy) is 1. The first-order valence-corrected chi connectivity index (χ1v) is 4.38. The fraction of sp³-hybridized carbons (Fsp3) is 0.300. The predicted octanol–water partition coefficient (Wildman–Crippen LogP) is 1.09. The molecule has 0 aliphatic heterocycles. The standard InChI is InChI=1S/C10H13N3O2/c1-13(2)7-12-9-5-4-8(6-11-9)10(14)15-3/h4-7H,1-3H3. The van der Waals surface area contributed by atoms with Crippen LogP contribution in [0.1, 0.15) is 10.4 Å². The second kappa shape index (κ2) is 5.09. The van der Waals surface area contributed by atoms with E-state index in [2.05, 4.69) is 14.7 Å². The zero-order valence-electron chi connectivity index (χ0n) is 8.97. The zero-order valence-corrected chi connectivity index (χ0v) is 8.97. The van der Waals surface area contributed by atoms with Gasteiger partial charge in [-0.3, -0.25) is 0 Å². The summed E-state index contributed by atoms with van der Waals surface area (Å²) in [5, 5.41) is 0. The van der Waals surface area contributed by atoms with E-state index >= 15 is 0 Å². The summed E-state index contributed by atoms with van der Waals surface area (Å²) in [6.45, 7) is 0. The first-order valence-electron chi connectivity index (χ1n) is 4.38. The van der Waals surface area contributed by atoms with E-state index < -0.39 is 5.97 Å². The van der Waals surface area contributed by atoms with Crippen LogP contribution in [-0.4, -0.2) is 43.4 Å². The summed E-state index contributed by atoms with van der Waals surface area (Å²) in [6, 6.07) is 3.29. The van der Waals surface area contributed by atoms with Crippen LogP contribution in [0.15, 0.2) is 23.3 Å². The molecule has 0 spiro atoms. The second-order valence-corrected chi connectivity index (χ2v) is 3.10. The number of rotatable bonds is 3. The van der Waals surface area contributed by atoms with Crippen molar-refractivity contribution in [1.82, 2.24) is 9.88 Å². The molecule has 0 bridgehead atoms. The first-order chi connectivity index (χ1) is 7.13. The van der Waals surface area contributed by atoms with Crippen LogP contribution in [0.3, 0.4) is 0 Å². The minimum absolute atomic E-state index is 0.398. The highest BCUT2D eigenvalue weighted by molar-refractivity contribution is 5.89. The number of carbonyl (C=O) groups is 1. The van der Waals surface area contributed by atoms with E-state index in [-0.39, 0.29) is 0 Å². The molecule has 0 saturated carbocycles. The van der Waals surface area contributed by atoms with Crippen molar-refractivity contribution >= 4 is 18.1 Å². The summed E-state index contributed by atoms with van der Waals surface area (Å²) in [7, 11) is 5.07. The number of carbonyl (C=O) groups excluding carboxylic acids is 1. The Balaban J connectivity index is 2.77. The van der Waals surface area contributed by atoms with Crippen LogP contribution in [0.5, 0.6) is 0 Å². The van der Waals surface area contributed by atoms with Crippen molar-refractivity contribution in [2.45, 2.75) is 0 Å². The zero-order chi connectivity index (χ0) is 11.3. The minimum Gasteiger partial charge on any atom is -0.465 e. The van der Waals surface area contributed by atoms with Crippen LogP contribution in [0, 0.1) is 0 Å². The van der Waals surface area contributed by atoms with Gasteiger partial charge in [-0.15, -0.1) is 0 Å². The van der Waals surface area contributed by atoms with Gasteiger partial charge in [-0.25, -0.2) is 14.8 Å². The largest absolute Gasteiger partial charge is 0.465 e. The fourth-order valence-corrected chi connectivity index (χ4v) is 0.876. The summed E-state index contributed by atoms with van der Waals surface area (Å²) in [6.07, 6.45) is 3.08. The summed E-state index contributed by atoms with van der Waals surface area (Å²) in [4.78, 5) is 20.9. The normalized spacial score (nSPS) is 10.3. The van der Waals surface area contributed by atoms with Crippen LogP contribution >= 0.6 is 0 Å². The number of nitrogens with zero attached hydrogens (tertiary/aromatic N) is 3. The quantitative estimate of drug-likeness (QED) is 0.423. The number of hydrogen-bond acceptors (Lipinski definition) is 4. The average Bonchev–Trinajstić information content (AvgIpc) is 2.26. The highest BCUT2D eigenvalue weighted by Crippen LogP contribution is 2.08. The lowest BCUT2D eigenvalue weighted by Gasteiger charge is -2.02. The van der Waals surface area contributed by atoms with Gasteiger partial charge in [0.2, 0.25) is 0 Å². The van der Waals surface area contributed by atoms with Gasteiger partial charge in [-0.05, 0) is 12.1 Å². The molecule has 1 rings (SSSR count). The number of aliphatic imine (C=N–C) groups is 1. The Morgan fingerprint density at radius 2 is 2.27 bits per heavy atom. The smallest absolute Gasteiger partial charge is 0.339 e. The fourth-order valence-electron chi connectivity index (χ4n) is 0.876. The van der Waals surface area contributed by atoms with Gasteiger partial charge in [0.25, 0.3) is 0 Å². The van der Waals surface area contributed by atoms with Crippen molar-refractivity contribution in [2.24, 2.45) is 4.99 Å². The molecule has 0 radical (unpaired) electrons. The molecular weight excluding hydrogens is 194 g/mol. The van der Waals surface area contributed by atoms with E-state index in [0.717, 1.165) is 0 Å². The number of aromatic nitrogens is 1. The van der Waals surface area contributed by atoms with Crippen LogP contribution in [0.2, 0.25) is 0 Å². The van der Waals surface area contributed by atoms with Crippen LogP contribution in [0.25, 0.3) is 0 Å². The Morgan fingerprint density at radius 1 is 1.53 bits per heavy atom. The molecule has 0 atom stereocenters. The SMILES string of the molecule is COC(=O)c1ccc(N=CN(C)C)nc1. The Labute approximate surface area is 88.4 Å². The molecule has 5 heteroatoms. The Bertz CT molecular complexity index is 357. The lowest BCUT2D eigenvalue weighted by Crippen LogP contribution is -2.07. The lowest BCUT2D eigenvalue weighted by molar-refractivity contribution is 0.0600. The number of hydrogen-bond donors (Lipinski definition) is 0. The molecular formula is C10H13N3O2. The summed E-state index contributed by atoms with van der Waals surface area (Å²) < 4.78 is 4.55. The van der Waals surface area contributed by atoms with Crippen molar-refractivity contribution < 1.29 is 9.53 Å². The molecule has 0 aliphatic rings. The van der Waals surface area contributed by atoms with E-state index in [4.69, 9.17) is 0 Å². The maximum atomic E-state index is 11.1. The third-order valence-corrected chi connectivity index (χ3v) is 1.59. The minimum atomic E-state index is -0.398. The monoisotopic (exact) mass is 207 g/mol. The van der Waals surface area contributed by atoms with Crippen LogP contribution in [-0.2, 0) is 4.74 Å². The molecule has 0 aromatic carbocycles. The van der Waals surface area contributed by atoms with Crippen molar-refractivity contribution in [2.75, 3.05) is 21.2 Å². The van der Waals surface area contributed by atoms with Gasteiger partial charge < -0.3 is 9.64 Å². The molecule has 0 fully saturated rings. The Morgan fingerprint density at radius 3 is 2.73 bits per heavy atom. The van der Waals surface area contributed by atoms with Gasteiger partial charge in [-0.2, -0.15) is 0 Å². The number of methoxy groups -OCH3 is 1. The first kappa shape index (κ1) is 11.2. The second-order valence-electron chi connectivity index (χ2n) is 3.10. The molecule has 1 heterocycles. The lowest BCUT2D eigenvalue weighted by atomic mass is 10.3. The topological polar surface area (TPSA) is 54.8 Å². The van der Waals surface area contributed by atoms with Crippen LogP contribution < -0.4 is 0 Å². The maximum Gasteiger partial charge on any atom is 0.339 e. The summed E-state index contributed by atoms with van der Waals surface area (Å²) in [5.74, 6) is 0.155. The van der Waals surface area contributed by atoms with Crippen molar-refractivity contribution in [1.29, 1.82) is 0 Å². The van der Waals surface area contributed by atoms with Gasteiger partial charge >= 0.3 is 5.97 Å². The van der Waals surface area contributed by atoms with E-state index in [1.807, 2.05) is 14.1 Å². The van der Waals surface area contributed by atoms with E-state index in [1.165, 1.54) is 13.3 Å². The van der Waals surface area contributed by atoms with Gasteiger partial charge in [0, 0.05) is 20.3 Å². The number of esters is 1. The summed E-state index contributed by atoms with van der Waals surface area (Å²) in [5.41, 5.74) is 0.418. The van der Waals surface area contributed by atoms with E-state index in [0.29, 0.717) is 11.4 Å². The van der Waals surface area contributed by atoms with Crippen molar-refractivity contribution in [3.8, 4) is 0 Å². The predicted molar refractivity (Wildman–Crippen MR) is 57.4 cm³/mol. The number of pyridine rings is 1. The molecule has 0 saturated heterocycles. The Kier molecular flexibility index (Phi) is 3.79. The molecule has 5 nitrogen and oxygen atoms in total. The van der Waals surface area contributed by atoms with E-state index in [9.17, 15) is 4.79 Å². The Hall–Kier alpha value is -1.91. The van der Waals surface area contributed by atoms with Crippen molar-refractivity contribution in [3.63, 3.8) is 0 Å². The molecule has 0 unspecified atom stereocenters. The average molecular weight is 207 g/mol. The van der Waals surface area contributed by atoms with Gasteiger partial charge in [0.15, 0.2) is 5.82 Å². The van der Waals surface area contributed by atoms with Gasteiger partial charge in [0.05, 0.1) is 19.0 Å². The summed E-state index contributed by atoms with van der Waals surface area (Å²) >= 11 is 0. The van der Waals surface area contributed by atoms with Crippen LogP contribution in [0.4, 0.5) is 5.82 Å². The molecule has 0 amide bonds. The molecule has 0 N–H and O–H groups in total. The molecule has 1 aromatic heterocycles. The third kappa shape index (κ3) is 3.38. The molecule has 15 heavy (non-hydrogen) atoms.